The average Bonchev–Trinajstić information content (AvgIpc) is 2.58. The fraction of sp³-hybridized carbons (Fsp3) is 0.278. The number of halogens is 1. The van der Waals surface area contributed by atoms with Crippen molar-refractivity contribution in [1.82, 2.24) is 15.8 Å². The molecule has 0 fully saturated rings. The van der Waals surface area contributed by atoms with Crippen LogP contribution in [0.25, 0.3) is 0 Å². The van der Waals surface area contributed by atoms with E-state index in [0.717, 1.165) is 11.1 Å². The second-order valence-electron chi connectivity index (χ2n) is 5.86. The molecule has 2 rings (SSSR count). The quantitative estimate of drug-likeness (QED) is 0.633. The Bertz CT molecular complexity index is 761. The summed E-state index contributed by atoms with van der Waals surface area (Å²) < 4.78 is 5.60. The largest absolute Gasteiger partial charge is 0.483 e. The standard InChI is InChI=1S/C18H20ClN3O3/c1-11(2)14-6-4-12(3)8-15(14)25-10-17(23)21-22-18(24)13-5-7-16(19)20-9-13/h4-9,11H,10H2,1-3H3,(H,21,23)(H,22,24). The fourth-order valence-corrected chi connectivity index (χ4v) is 2.24. The van der Waals surface area contributed by atoms with E-state index in [1.807, 2.05) is 25.1 Å². The van der Waals surface area contributed by atoms with Gasteiger partial charge in [0.1, 0.15) is 10.9 Å². The van der Waals surface area contributed by atoms with Crippen molar-refractivity contribution < 1.29 is 14.3 Å². The smallest absolute Gasteiger partial charge is 0.276 e. The Hall–Kier alpha value is -2.60. The molecule has 0 unspecified atom stereocenters. The molecule has 0 aliphatic rings. The molecule has 1 heterocycles. The van der Waals surface area contributed by atoms with E-state index in [9.17, 15) is 9.59 Å². The van der Waals surface area contributed by atoms with Crippen LogP contribution in [-0.2, 0) is 4.79 Å². The molecule has 0 radical (unpaired) electrons. The monoisotopic (exact) mass is 361 g/mol. The number of rotatable bonds is 5. The van der Waals surface area contributed by atoms with Gasteiger partial charge in [-0.2, -0.15) is 0 Å². The second-order valence-corrected chi connectivity index (χ2v) is 6.24. The predicted octanol–water partition coefficient (Wildman–Crippen LogP) is 3.01. The number of ether oxygens (including phenoxy) is 1. The number of nitrogens with one attached hydrogen (secondary N) is 2. The number of carbonyl (C=O) groups excluding carboxylic acids is 2. The molecule has 0 saturated heterocycles. The maximum absolute atomic E-state index is 11.9. The van der Waals surface area contributed by atoms with Crippen molar-refractivity contribution in [3.05, 3.63) is 58.4 Å². The zero-order chi connectivity index (χ0) is 18.4. The normalized spacial score (nSPS) is 10.4. The molecule has 2 N–H and O–H groups in total. The summed E-state index contributed by atoms with van der Waals surface area (Å²) >= 11 is 5.66. The summed E-state index contributed by atoms with van der Waals surface area (Å²) in [6, 6.07) is 8.88. The van der Waals surface area contributed by atoms with E-state index < -0.39 is 11.8 Å². The van der Waals surface area contributed by atoms with E-state index in [2.05, 4.69) is 29.7 Å². The first-order valence-electron chi connectivity index (χ1n) is 7.81. The van der Waals surface area contributed by atoms with Gasteiger partial charge < -0.3 is 4.74 Å². The minimum Gasteiger partial charge on any atom is -0.483 e. The van der Waals surface area contributed by atoms with Gasteiger partial charge in [0, 0.05) is 6.20 Å². The summed E-state index contributed by atoms with van der Waals surface area (Å²) in [7, 11) is 0. The van der Waals surface area contributed by atoms with Gasteiger partial charge in [0.25, 0.3) is 11.8 Å². The number of carbonyl (C=O) groups is 2. The number of hydrogen-bond donors (Lipinski definition) is 2. The highest BCUT2D eigenvalue weighted by molar-refractivity contribution is 6.29. The molecule has 2 amide bonds. The van der Waals surface area contributed by atoms with Crippen molar-refractivity contribution in [3.63, 3.8) is 0 Å². The molecule has 0 aliphatic heterocycles. The Morgan fingerprint density at radius 2 is 1.96 bits per heavy atom. The molecule has 0 atom stereocenters. The number of aryl methyl sites for hydroxylation is 1. The van der Waals surface area contributed by atoms with E-state index in [4.69, 9.17) is 16.3 Å². The molecular weight excluding hydrogens is 342 g/mol. The molecule has 6 nitrogen and oxygen atoms in total. The Morgan fingerprint density at radius 1 is 1.20 bits per heavy atom. The molecule has 0 aliphatic carbocycles. The number of benzene rings is 1. The van der Waals surface area contributed by atoms with Crippen LogP contribution in [0.2, 0.25) is 5.15 Å². The summed E-state index contributed by atoms with van der Waals surface area (Å²) in [4.78, 5) is 27.6. The lowest BCUT2D eigenvalue weighted by Crippen LogP contribution is -2.43. The van der Waals surface area contributed by atoms with Crippen LogP contribution in [0.15, 0.2) is 36.5 Å². The summed E-state index contributed by atoms with van der Waals surface area (Å²) in [5, 5.41) is 0.285. The summed E-state index contributed by atoms with van der Waals surface area (Å²) in [6.07, 6.45) is 1.32. The Morgan fingerprint density at radius 3 is 2.60 bits per heavy atom. The molecule has 0 bridgehead atoms. The lowest BCUT2D eigenvalue weighted by atomic mass is 10.0. The minimum atomic E-state index is -0.490. The maximum Gasteiger partial charge on any atom is 0.276 e. The molecular formula is C18H20ClN3O3. The lowest BCUT2D eigenvalue weighted by molar-refractivity contribution is -0.123. The molecule has 2 aromatic rings. The predicted molar refractivity (Wildman–Crippen MR) is 95.6 cm³/mol. The van der Waals surface area contributed by atoms with Crippen LogP contribution in [0.5, 0.6) is 5.75 Å². The highest BCUT2D eigenvalue weighted by atomic mass is 35.5. The second kappa shape index (κ2) is 8.48. The number of nitrogens with zero attached hydrogens (tertiary/aromatic N) is 1. The maximum atomic E-state index is 11.9. The number of aromatic nitrogens is 1. The van der Waals surface area contributed by atoms with Gasteiger partial charge in [-0.05, 0) is 42.2 Å². The molecule has 1 aromatic carbocycles. The van der Waals surface area contributed by atoms with Crippen molar-refractivity contribution >= 4 is 23.4 Å². The van der Waals surface area contributed by atoms with Gasteiger partial charge >= 0.3 is 0 Å². The molecule has 25 heavy (non-hydrogen) atoms. The molecule has 7 heteroatoms. The van der Waals surface area contributed by atoms with E-state index in [0.29, 0.717) is 5.75 Å². The number of hydrazine groups is 1. The van der Waals surface area contributed by atoms with E-state index in [1.54, 1.807) is 0 Å². The van der Waals surface area contributed by atoms with Crippen molar-refractivity contribution in [1.29, 1.82) is 0 Å². The zero-order valence-electron chi connectivity index (χ0n) is 14.3. The summed E-state index contributed by atoms with van der Waals surface area (Å²) in [5.41, 5.74) is 6.96. The SMILES string of the molecule is Cc1ccc(C(C)C)c(OCC(=O)NNC(=O)c2ccc(Cl)nc2)c1. The third kappa shape index (κ3) is 5.46. The minimum absolute atomic E-state index is 0.206. The van der Waals surface area contributed by atoms with Gasteiger partial charge in [-0.25, -0.2) is 4.98 Å². The van der Waals surface area contributed by atoms with Crippen LogP contribution in [0.1, 0.15) is 41.3 Å². The highest BCUT2D eigenvalue weighted by Gasteiger charge is 2.11. The van der Waals surface area contributed by atoms with Crippen LogP contribution in [-0.4, -0.2) is 23.4 Å². The van der Waals surface area contributed by atoms with Crippen LogP contribution in [0, 0.1) is 6.92 Å². The van der Waals surface area contributed by atoms with Crippen molar-refractivity contribution in [2.45, 2.75) is 26.7 Å². The van der Waals surface area contributed by atoms with Crippen LogP contribution in [0.3, 0.4) is 0 Å². The lowest BCUT2D eigenvalue weighted by Gasteiger charge is -2.15. The van der Waals surface area contributed by atoms with Gasteiger partial charge in [0.05, 0.1) is 5.56 Å². The third-order valence-electron chi connectivity index (χ3n) is 3.45. The van der Waals surface area contributed by atoms with E-state index in [1.165, 1.54) is 18.3 Å². The molecule has 132 valence electrons. The summed E-state index contributed by atoms with van der Waals surface area (Å²) in [5.74, 6) is -0.0171. The Balaban J connectivity index is 1.88. The first-order valence-corrected chi connectivity index (χ1v) is 8.18. The first-order chi connectivity index (χ1) is 11.9. The van der Waals surface area contributed by atoms with Gasteiger partial charge in [0.2, 0.25) is 0 Å². The van der Waals surface area contributed by atoms with Gasteiger partial charge in [-0.15, -0.1) is 0 Å². The number of hydrogen-bond acceptors (Lipinski definition) is 4. The van der Waals surface area contributed by atoms with Crippen LogP contribution < -0.4 is 15.6 Å². The third-order valence-corrected chi connectivity index (χ3v) is 3.68. The van der Waals surface area contributed by atoms with Gasteiger partial charge in [-0.3, -0.25) is 20.4 Å². The molecule has 0 saturated carbocycles. The summed E-state index contributed by atoms with van der Waals surface area (Å²) in [6.45, 7) is 5.86. The molecule has 0 spiro atoms. The Labute approximate surface area is 151 Å². The number of pyridine rings is 1. The van der Waals surface area contributed by atoms with Crippen LogP contribution >= 0.6 is 11.6 Å². The zero-order valence-corrected chi connectivity index (χ0v) is 15.1. The van der Waals surface area contributed by atoms with E-state index >= 15 is 0 Å². The van der Waals surface area contributed by atoms with Crippen molar-refractivity contribution in [2.75, 3.05) is 6.61 Å². The topological polar surface area (TPSA) is 80.3 Å². The van der Waals surface area contributed by atoms with Crippen molar-refractivity contribution in [2.24, 2.45) is 0 Å². The van der Waals surface area contributed by atoms with Crippen LogP contribution in [0.4, 0.5) is 0 Å². The fourth-order valence-electron chi connectivity index (χ4n) is 2.13. The average molecular weight is 362 g/mol. The van der Waals surface area contributed by atoms with E-state index in [-0.39, 0.29) is 23.2 Å². The number of amides is 2. The Kier molecular flexibility index (Phi) is 6.36. The highest BCUT2D eigenvalue weighted by Crippen LogP contribution is 2.27. The van der Waals surface area contributed by atoms with Gasteiger partial charge in [-0.1, -0.05) is 37.6 Å². The van der Waals surface area contributed by atoms with Gasteiger partial charge in [0.15, 0.2) is 6.61 Å². The molecule has 1 aromatic heterocycles. The first kappa shape index (κ1) is 18.7. The van der Waals surface area contributed by atoms with Crippen molar-refractivity contribution in [3.8, 4) is 5.75 Å².